The number of rotatable bonds is 7. The lowest BCUT2D eigenvalue weighted by Crippen LogP contribution is -2.26. The number of methoxy groups -OCH3 is 2. The summed E-state index contributed by atoms with van der Waals surface area (Å²) in [6.07, 6.45) is -3.09. The van der Waals surface area contributed by atoms with E-state index in [2.05, 4.69) is 9.44 Å². The highest BCUT2D eigenvalue weighted by molar-refractivity contribution is 7.79. The highest BCUT2D eigenvalue weighted by atomic mass is 32.2. The van der Waals surface area contributed by atoms with Gasteiger partial charge in [-0.1, -0.05) is 5.16 Å². The van der Waals surface area contributed by atoms with Crippen LogP contribution in [0.15, 0.2) is 28.9 Å². The fourth-order valence-electron chi connectivity index (χ4n) is 1.62. The van der Waals surface area contributed by atoms with Gasteiger partial charge in [-0.2, -0.15) is 13.2 Å². The molecule has 1 aromatic carbocycles. The van der Waals surface area contributed by atoms with Crippen LogP contribution < -0.4 is 9.47 Å². The van der Waals surface area contributed by atoms with E-state index >= 15 is 0 Å². The molecular weight excluding hydrogens is 351 g/mol. The average molecular weight is 365 g/mol. The maximum atomic E-state index is 13.1. The van der Waals surface area contributed by atoms with Crippen molar-refractivity contribution in [3.63, 3.8) is 0 Å². The summed E-state index contributed by atoms with van der Waals surface area (Å²) in [6, 6.07) is 4.34. The van der Waals surface area contributed by atoms with Gasteiger partial charge in [-0.3, -0.25) is 9.08 Å². The maximum Gasteiger partial charge on any atom is 0.437 e. The molecule has 6 nitrogen and oxygen atoms in total. The van der Waals surface area contributed by atoms with Crippen molar-refractivity contribution < 1.29 is 35.9 Å². The zero-order chi connectivity index (χ0) is 18.3. The minimum absolute atomic E-state index is 0.0298. The number of alkyl halides is 3. The fraction of sp³-hybridized carbons (Fsp3) is 0.286. The standard InChI is InChI=1S/C14H14F3NO5S/c1-21-11-5-4-9(12(7-11)22-2)6-10(8-19)13(14(15,16)17)18-23-24(3)20/h4-8H,1-3H3/b10-6+,18-13+. The van der Waals surface area contributed by atoms with Crippen molar-refractivity contribution in [3.05, 3.63) is 29.3 Å². The second kappa shape index (κ2) is 8.48. The third kappa shape index (κ3) is 5.37. The van der Waals surface area contributed by atoms with Gasteiger partial charge in [-0.05, 0) is 18.2 Å². The van der Waals surface area contributed by atoms with Gasteiger partial charge in [0.1, 0.15) is 11.5 Å². The van der Waals surface area contributed by atoms with E-state index in [1.165, 1.54) is 32.4 Å². The molecule has 0 aliphatic rings. The quantitative estimate of drug-likeness (QED) is 0.321. The molecule has 0 aliphatic heterocycles. The topological polar surface area (TPSA) is 74.2 Å². The molecule has 0 radical (unpaired) electrons. The second-order valence-electron chi connectivity index (χ2n) is 4.24. The molecule has 1 unspecified atom stereocenters. The van der Waals surface area contributed by atoms with Crippen LogP contribution in [-0.2, 0) is 20.2 Å². The lowest BCUT2D eigenvalue weighted by Gasteiger charge is -2.11. The number of nitrogens with zero attached hydrogens (tertiary/aromatic N) is 1. The van der Waals surface area contributed by atoms with Crippen molar-refractivity contribution in [3.8, 4) is 11.5 Å². The number of carbonyl (C=O) groups is 1. The van der Waals surface area contributed by atoms with E-state index in [9.17, 15) is 22.2 Å². The number of oxime groups is 1. The van der Waals surface area contributed by atoms with E-state index in [0.29, 0.717) is 5.75 Å². The number of hydrogen-bond donors (Lipinski definition) is 0. The summed E-state index contributed by atoms with van der Waals surface area (Å²) in [7, 11) is 2.73. The first-order valence-corrected chi connectivity index (χ1v) is 7.76. The SMILES string of the molecule is COc1ccc(/C=C(C=O)/C(=N\OS(C)=O)C(F)(F)F)c(OC)c1. The number of carbonyl (C=O) groups excluding carboxylic acids is 1. The van der Waals surface area contributed by atoms with Crippen molar-refractivity contribution in [2.24, 2.45) is 5.16 Å². The Morgan fingerprint density at radius 1 is 1.25 bits per heavy atom. The molecule has 1 atom stereocenters. The molecule has 0 spiro atoms. The van der Waals surface area contributed by atoms with E-state index in [0.717, 1.165) is 12.3 Å². The van der Waals surface area contributed by atoms with Crippen molar-refractivity contribution in [2.45, 2.75) is 6.18 Å². The van der Waals surface area contributed by atoms with Crippen LogP contribution in [-0.4, -0.2) is 42.9 Å². The van der Waals surface area contributed by atoms with E-state index < -0.39 is 28.5 Å². The molecule has 0 fully saturated rings. The van der Waals surface area contributed by atoms with Gasteiger partial charge in [0, 0.05) is 17.2 Å². The van der Waals surface area contributed by atoms with Gasteiger partial charge in [0.05, 0.1) is 20.5 Å². The second-order valence-corrected chi connectivity index (χ2v) is 5.19. The summed E-state index contributed by atoms with van der Waals surface area (Å²) in [5, 5.41) is 2.78. The summed E-state index contributed by atoms with van der Waals surface area (Å²) in [5.41, 5.74) is -2.23. The van der Waals surface area contributed by atoms with Crippen LogP contribution in [0, 0.1) is 0 Å². The van der Waals surface area contributed by atoms with Gasteiger partial charge in [0.15, 0.2) is 12.0 Å². The van der Waals surface area contributed by atoms with E-state index in [4.69, 9.17) is 9.47 Å². The molecule has 132 valence electrons. The molecule has 10 heteroatoms. The molecule has 24 heavy (non-hydrogen) atoms. The third-order valence-electron chi connectivity index (χ3n) is 2.65. The van der Waals surface area contributed by atoms with Gasteiger partial charge in [-0.15, -0.1) is 0 Å². The minimum Gasteiger partial charge on any atom is -0.497 e. The third-order valence-corrected chi connectivity index (χ3v) is 2.94. The van der Waals surface area contributed by atoms with Crippen molar-refractivity contribution >= 4 is 29.2 Å². The van der Waals surface area contributed by atoms with Crippen LogP contribution in [0.3, 0.4) is 0 Å². The Morgan fingerprint density at radius 3 is 2.38 bits per heavy atom. The van der Waals surface area contributed by atoms with E-state index in [1.54, 1.807) is 0 Å². The van der Waals surface area contributed by atoms with Crippen LogP contribution in [0.1, 0.15) is 5.56 Å². The van der Waals surface area contributed by atoms with Gasteiger partial charge in [0.2, 0.25) is 11.1 Å². The smallest absolute Gasteiger partial charge is 0.437 e. The molecule has 0 amide bonds. The molecule has 0 aliphatic carbocycles. The van der Waals surface area contributed by atoms with Crippen LogP contribution in [0.4, 0.5) is 13.2 Å². The van der Waals surface area contributed by atoms with Crippen LogP contribution in [0.5, 0.6) is 11.5 Å². The number of allylic oxidation sites excluding steroid dienone is 1. The molecule has 0 aromatic heterocycles. The lowest BCUT2D eigenvalue weighted by molar-refractivity contribution is -0.105. The monoisotopic (exact) mass is 365 g/mol. The summed E-state index contributed by atoms with van der Waals surface area (Å²) < 4.78 is 64.1. The molecule has 0 heterocycles. The summed E-state index contributed by atoms with van der Waals surface area (Å²) in [5.74, 6) is 0.612. The number of hydrogen-bond acceptors (Lipinski definition) is 6. The molecule has 1 rings (SSSR count). The molecule has 0 N–H and O–H groups in total. The van der Waals surface area contributed by atoms with E-state index in [1.807, 2.05) is 0 Å². The van der Waals surface area contributed by atoms with Gasteiger partial charge in [-0.25, -0.2) is 4.21 Å². The highest BCUT2D eigenvalue weighted by Crippen LogP contribution is 2.29. The predicted octanol–water partition coefficient (Wildman–Crippen LogP) is 2.51. The Labute approximate surface area is 138 Å². The first-order chi connectivity index (χ1) is 11.2. The molecular formula is C14H14F3NO5S. The summed E-state index contributed by atoms with van der Waals surface area (Å²) >= 11 is -2.07. The zero-order valence-corrected chi connectivity index (χ0v) is 13.7. The normalized spacial score (nSPS) is 14.1. The highest BCUT2D eigenvalue weighted by Gasteiger charge is 2.39. The zero-order valence-electron chi connectivity index (χ0n) is 12.9. The summed E-state index contributed by atoms with van der Waals surface area (Å²) in [6.45, 7) is 0. The van der Waals surface area contributed by atoms with Crippen molar-refractivity contribution in [1.82, 2.24) is 0 Å². The molecule has 0 saturated heterocycles. The first-order valence-electron chi connectivity index (χ1n) is 6.28. The number of benzene rings is 1. The fourth-order valence-corrected chi connectivity index (χ4v) is 1.80. The largest absolute Gasteiger partial charge is 0.497 e. The molecule has 0 bridgehead atoms. The lowest BCUT2D eigenvalue weighted by atomic mass is 10.1. The predicted molar refractivity (Wildman–Crippen MR) is 82.2 cm³/mol. The van der Waals surface area contributed by atoms with Crippen molar-refractivity contribution in [1.29, 1.82) is 0 Å². The van der Waals surface area contributed by atoms with Crippen molar-refractivity contribution in [2.75, 3.05) is 20.5 Å². The minimum atomic E-state index is -4.98. The Hall–Kier alpha value is -2.36. The Bertz CT molecular complexity index is 685. The Kier molecular flexibility index (Phi) is 6.96. The molecule has 0 saturated carbocycles. The van der Waals surface area contributed by atoms with Gasteiger partial charge < -0.3 is 9.47 Å². The van der Waals surface area contributed by atoms with E-state index in [-0.39, 0.29) is 17.6 Å². The number of ether oxygens (including phenoxy) is 2. The van der Waals surface area contributed by atoms with Gasteiger partial charge >= 0.3 is 6.18 Å². The summed E-state index contributed by atoms with van der Waals surface area (Å²) in [4.78, 5) is 11.1. The Morgan fingerprint density at radius 2 is 1.92 bits per heavy atom. The van der Waals surface area contributed by atoms with Crippen LogP contribution in [0.2, 0.25) is 0 Å². The number of halogens is 3. The van der Waals surface area contributed by atoms with Gasteiger partial charge in [0.25, 0.3) is 0 Å². The average Bonchev–Trinajstić information content (AvgIpc) is 2.52. The van der Waals surface area contributed by atoms with Crippen LogP contribution in [0.25, 0.3) is 6.08 Å². The Balaban J connectivity index is 3.41. The van der Waals surface area contributed by atoms with Crippen LogP contribution >= 0.6 is 0 Å². The molecule has 1 aromatic rings. The first kappa shape index (κ1) is 19.7. The number of aldehydes is 1. The maximum absolute atomic E-state index is 13.1.